The summed E-state index contributed by atoms with van der Waals surface area (Å²) in [6.07, 6.45) is 0.722. The second-order valence-corrected chi connectivity index (χ2v) is 12.5. The van der Waals surface area contributed by atoms with Gasteiger partial charge in [0, 0.05) is 19.0 Å². The molecule has 2 aromatic rings. The average molecular weight is 534 g/mol. The Morgan fingerprint density at radius 2 is 2.03 bits per heavy atom. The van der Waals surface area contributed by atoms with E-state index in [1.807, 2.05) is 5.40 Å². The number of rotatable bonds is 7. The van der Waals surface area contributed by atoms with Gasteiger partial charge in [0.05, 0.1) is 15.8 Å². The number of nitrogens with zero attached hydrogens (tertiary/aromatic N) is 2. The van der Waals surface area contributed by atoms with Gasteiger partial charge in [0.2, 0.25) is 5.91 Å². The highest BCUT2D eigenvalue weighted by Gasteiger charge is 2.33. The van der Waals surface area contributed by atoms with E-state index in [0.717, 1.165) is 34.4 Å². The van der Waals surface area contributed by atoms with Crippen LogP contribution in [0, 0.1) is 23.5 Å². The van der Waals surface area contributed by atoms with Crippen LogP contribution in [-0.4, -0.2) is 44.3 Å². The quantitative estimate of drug-likeness (QED) is 0.315. The molecule has 0 aliphatic carbocycles. The molecule has 1 saturated heterocycles. The number of esters is 1. The molecule has 3 heterocycles. The molecule has 0 unspecified atom stereocenters. The third-order valence-corrected chi connectivity index (χ3v) is 10.6. The van der Waals surface area contributed by atoms with Crippen LogP contribution < -0.4 is 5.32 Å². The first kappa shape index (κ1) is 25.0. The molecule has 0 spiro atoms. The van der Waals surface area contributed by atoms with Gasteiger partial charge in [0.1, 0.15) is 19.5 Å². The molecular weight excluding hydrogens is 514 g/mol. The Hall–Kier alpha value is -1.62. The number of piperidine rings is 1. The summed E-state index contributed by atoms with van der Waals surface area (Å²) in [6.45, 7) is 4.06. The highest BCUT2D eigenvalue weighted by Crippen LogP contribution is 2.40. The van der Waals surface area contributed by atoms with E-state index in [0.29, 0.717) is 37.5 Å². The van der Waals surface area contributed by atoms with Crippen molar-refractivity contribution in [2.75, 3.05) is 25.0 Å². The lowest BCUT2D eigenvalue weighted by Gasteiger charge is -2.30. The van der Waals surface area contributed by atoms with Gasteiger partial charge in [-0.1, -0.05) is 11.6 Å². The van der Waals surface area contributed by atoms with Crippen molar-refractivity contribution in [3.63, 3.8) is 0 Å². The molecule has 0 radical (unpaired) electrons. The van der Waals surface area contributed by atoms with Gasteiger partial charge in [-0.15, -0.1) is 22.7 Å². The monoisotopic (exact) mass is 533 g/mol. The van der Waals surface area contributed by atoms with Crippen LogP contribution >= 0.6 is 46.0 Å². The molecule has 172 valence electrons. The van der Waals surface area contributed by atoms with Crippen LogP contribution in [0.1, 0.15) is 35.0 Å². The summed E-state index contributed by atoms with van der Waals surface area (Å²) >= 11 is 8.82. The molecular formula is C19H20ClN3O5S4. The standard InChI is InChI=1S/C19H20ClN3O5S4/c1-3-28-19(25)16-11(2)15(29-10-21)18(31-16)22-17(24)12-6-8-23(9-7-12)32(26,27)14-5-4-13(20)30-14/h4-5,12H,3,6-9H2,1-2H3,(H,22,24). The minimum Gasteiger partial charge on any atom is -0.462 e. The Kier molecular flexibility index (Phi) is 8.24. The van der Waals surface area contributed by atoms with Crippen LogP contribution in [0.2, 0.25) is 4.34 Å². The zero-order valence-electron chi connectivity index (χ0n) is 17.2. The molecule has 0 saturated carbocycles. The lowest BCUT2D eigenvalue weighted by molar-refractivity contribution is -0.120. The number of amides is 1. The number of hydrogen-bond donors (Lipinski definition) is 1. The van der Waals surface area contributed by atoms with Crippen molar-refractivity contribution in [2.45, 2.75) is 35.8 Å². The number of hydrogen-bond acceptors (Lipinski definition) is 9. The van der Waals surface area contributed by atoms with Gasteiger partial charge >= 0.3 is 5.97 Å². The predicted molar refractivity (Wildman–Crippen MR) is 126 cm³/mol. The van der Waals surface area contributed by atoms with Crippen molar-refractivity contribution in [3.05, 3.63) is 26.9 Å². The van der Waals surface area contributed by atoms with Crippen LogP contribution in [0.5, 0.6) is 0 Å². The maximum atomic E-state index is 12.9. The molecule has 8 nitrogen and oxygen atoms in total. The summed E-state index contributed by atoms with van der Waals surface area (Å²) in [4.78, 5) is 25.9. The molecule has 0 atom stereocenters. The number of carbonyl (C=O) groups is 2. The number of thiophene rings is 2. The summed E-state index contributed by atoms with van der Waals surface area (Å²) in [6, 6.07) is 3.03. The van der Waals surface area contributed by atoms with Gasteiger partial charge in [-0.2, -0.15) is 9.57 Å². The molecule has 1 aliphatic heterocycles. The number of ether oxygens (including phenoxy) is 1. The first-order valence-corrected chi connectivity index (χ1v) is 13.9. The predicted octanol–water partition coefficient (Wildman–Crippen LogP) is 4.56. The van der Waals surface area contributed by atoms with Crippen molar-refractivity contribution in [2.24, 2.45) is 5.92 Å². The Balaban J connectivity index is 1.69. The van der Waals surface area contributed by atoms with Crippen LogP contribution in [0.15, 0.2) is 21.2 Å². The second kappa shape index (κ2) is 10.5. The van der Waals surface area contributed by atoms with Crippen molar-refractivity contribution < 1.29 is 22.7 Å². The lowest BCUT2D eigenvalue weighted by atomic mass is 9.97. The van der Waals surface area contributed by atoms with E-state index in [2.05, 4.69) is 5.32 Å². The number of halogens is 1. The lowest BCUT2D eigenvalue weighted by Crippen LogP contribution is -2.41. The molecule has 1 N–H and O–H groups in total. The number of thioether (sulfide) groups is 1. The largest absolute Gasteiger partial charge is 0.462 e. The number of thiocyanates is 1. The third-order valence-electron chi connectivity index (χ3n) is 4.90. The molecule has 13 heteroatoms. The van der Waals surface area contributed by atoms with E-state index in [1.54, 1.807) is 19.9 Å². The van der Waals surface area contributed by atoms with E-state index in [9.17, 15) is 18.0 Å². The normalized spacial score (nSPS) is 15.3. The fourth-order valence-corrected chi connectivity index (χ4v) is 8.19. The van der Waals surface area contributed by atoms with Gasteiger partial charge in [0.15, 0.2) is 0 Å². The topological polar surface area (TPSA) is 117 Å². The third kappa shape index (κ3) is 5.30. The molecule has 3 rings (SSSR count). The maximum absolute atomic E-state index is 12.9. The molecule has 1 fully saturated rings. The Morgan fingerprint density at radius 3 is 2.59 bits per heavy atom. The molecule has 32 heavy (non-hydrogen) atoms. The van der Waals surface area contributed by atoms with Gasteiger partial charge in [-0.3, -0.25) is 4.79 Å². The number of nitrogens with one attached hydrogen (secondary N) is 1. The van der Waals surface area contributed by atoms with E-state index < -0.39 is 16.0 Å². The van der Waals surface area contributed by atoms with Crippen molar-refractivity contribution in [3.8, 4) is 5.40 Å². The van der Waals surface area contributed by atoms with Crippen molar-refractivity contribution in [1.82, 2.24) is 4.31 Å². The second-order valence-electron chi connectivity index (χ2n) is 6.85. The fourth-order valence-electron chi connectivity index (χ4n) is 3.28. The van der Waals surface area contributed by atoms with E-state index in [4.69, 9.17) is 21.6 Å². The summed E-state index contributed by atoms with van der Waals surface area (Å²) in [5, 5.41) is 14.4. The molecule has 1 aliphatic rings. The summed E-state index contributed by atoms with van der Waals surface area (Å²) in [7, 11) is -3.63. The summed E-state index contributed by atoms with van der Waals surface area (Å²) in [5.41, 5.74) is 0.589. The smallest absolute Gasteiger partial charge is 0.348 e. The zero-order valence-corrected chi connectivity index (χ0v) is 21.2. The Bertz CT molecular complexity index is 1160. The van der Waals surface area contributed by atoms with E-state index in [1.165, 1.54) is 10.4 Å². The van der Waals surface area contributed by atoms with E-state index in [-0.39, 0.29) is 35.7 Å². The number of carbonyl (C=O) groups excluding carboxylic acids is 2. The zero-order chi connectivity index (χ0) is 23.5. The highest BCUT2D eigenvalue weighted by atomic mass is 35.5. The minimum atomic E-state index is -3.63. The first-order valence-electron chi connectivity index (χ1n) is 9.61. The van der Waals surface area contributed by atoms with Crippen molar-refractivity contribution >= 4 is 72.9 Å². The molecule has 2 aromatic heterocycles. The van der Waals surface area contributed by atoms with Gasteiger partial charge in [-0.25, -0.2) is 13.2 Å². The fraction of sp³-hybridized carbons (Fsp3) is 0.421. The maximum Gasteiger partial charge on any atom is 0.348 e. The highest BCUT2D eigenvalue weighted by molar-refractivity contribution is 8.04. The van der Waals surface area contributed by atoms with Crippen LogP contribution in [-0.2, 0) is 19.6 Å². The van der Waals surface area contributed by atoms with Crippen LogP contribution in [0.25, 0.3) is 0 Å². The number of anilines is 1. The first-order chi connectivity index (χ1) is 15.2. The summed E-state index contributed by atoms with van der Waals surface area (Å²) < 4.78 is 32.5. The van der Waals surface area contributed by atoms with Gasteiger partial charge < -0.3 is 10.1 Å². The Labute approximate surface area is 203 Å². The van der Waals surface area contributed by atoms with Gasteiger partial charge in [0.25, 0.3) is 10.0 Å². The number of nitriles is 1. The molecule has 1 amide bonds. The van der Waals surface area contributed by atoms with Gasteiger partial charge in [-0.05, 0) is 56.1 Å². The van der Waals surface area contributed by atoms with Crippen LogP contribution in [0.3, 0.4) is 0 Å². The van der Waals surface area contributed by atoms with Crippen molar-refractivity contribution in [1.29, 1.82) is 5.26 Å². The van der Waals surface area contributed by atoms with E-state index >= 15 is 0 Å². The SMILES string of the molecule is CCOC(=O)c1sc(NC(=O)C2CCN(S(=O)(=O)c3ccc(Cl)s3)CC2)c(SC#N)c1C. The molecule has 0 bridgehead atoms. The van der Waals surface area contributed by atoms with Crippen LogP contribution in [0.4, 0.5) is 5.00 Å². The summed E-state index contributed by atoms with van der Waals surface area (Å²) in [5.74, 6) is -1.15. The molecule has 0 aromatic carbocycles. The average Bonchev–Trinajstić information content (AvgIpc) is 3.33. The minimum absolute atomic E-state index is 0.184. The number of sulfonamides is 1. The Morgan fingerprint density at radius 1 is 1.34 bits per heavy atom.